The van der Waals surface area contributed by atoms with Crippen LogP contribution in [0.1, 0.15) is 43.0 Å². The number of hydrogen-bond acceptors (Lipinski definition) is 4. The van der Waals surface area contributed by atoms with Crippen LogP contribution in [0.2, 0.25) is 0 Å². The Morgan fingerprint density at radius 2 is 1.67 bits per heavy atom. The minimum atomic E-state index is -0.737. The molecule has 5 nitrogen and oxygen atoms in total. The van der Waals surface area contributed by atoms with Crippen molar-refractivity contribution in [3.05, 3.63) is 101 Å². The molecule has 0 aliphatic carbocycles. The number of hydrogen-bond donors (Lipinski definition) is 1. The third-order valence-electron chi connectivity index (χ3n) is 5.76. The van der Waals surface area contributed by atoms with Crippen LogP contribution in [0.5, 0.6) is 5.75 Å². The van der Waals surface area contributed by atoms with Crippen LogP contribution < -0.4 is 9.64 Å². The Hall–Kier alpha value is -3.86. The van der Waals surface area contributed by atoms with Gasteiger partial charge >= 0.3 is 0 Å². The number of Topliss-reactive ketones (excluding diaryl/α,β-unsaturated/α-hetero) is 1. The van der Waals surface area contributed by atoms with Gasteiger partial charge in [0, 0.05) is 11.3 Å². The molecule has 4 rings (SSSR count). The minimum absolute atomic E-state index is 0.0701. The molecule has 168 valence electrons. The first kappa shape index (κ1) is 22.3. The molecular formula is C28H27NO4. The van der Waals surface area contributed by atoms with Crippen LogP contribution in [0, 0.1) is 0 Å². The third-order valence-corrected chi connectivity index (χ3v) is 5.76. The van der Waals surface area contributed by atoms with Gasteiger partial charge in [0.1, 0.15) is 11.5 Å². The number of ether oxygens (including phenoxy) is 1. The molecule has 3 aromatic rings. The molecule has 1 amide bonds. The number of amides is 1. The van der Waals surface area contributed by atoms with E-state index in [1.807, 2.05) is 49.4 Å². The molecule has 1 unspecified atom stereocenters. The zero-order chi connectivity index (χ0) is 23.4. The molecule has 1 atom stereocenters. The highest BCUT2D eigenvalue weighted by molar-refractivity contribution is 6.51. The van der Waals surface area contributed by atoms with Gasteiger partial charge in [-0.05, 0) is 48.2 Å². The second-order valence-corrected chi connectivity index (χ2v) is 7.98. The maximum absolute atomic E-state index is 13.2. The van der Waals surface area contributed by atoms with Crippen molar-refractivity contribution in [3.8, 4) is 5.75 Å². The van der Waals surface area contributed by atoms with E-state index in [0.717, 1.165) is 24.0 Å². The second-order valence-electron chi connectivity index (χ2n) is 7.98. The second kappa shape index (κ2) is 9.74. The van der Waals surface area contributed by atoms with Gasteiger partial charge in [0.25, 0.3) is 11.7 Å². The first-order valence-electron chi connectivity index (χ1n) is 11.2. The van der Waals surface area contributed by atoms with E-state index in [1.54, 1.807) is 36.4 Å². The molecular weight excluding hydrogens is 414 g/mol. The van der Waals surface area contributed by atoms with Gasteiger partial charge in [-0.3, -0.25) is 14.5 Å². The van der Waals surface area contributed by atoms with Crippen molar-refractivity contribution < 1.29 is 19.4 Å². The standard InChI is InChI=1S/C28H27NO4/c1-3-17-33-23-12-8-9-21(18-23)26(30)24-25(20-15-13-19(4-2)14-16-20)29(28(32)27(24)31)22-10-6-5-7-11-22/h5-16,18,25,30H,3-4,17H2,1-2H3/b26-24-. The number of aliphatic hydroxyl groups excluding tert-OH is 1. The largest absolute Gasteiger partial charge is 0.507 e. The summed E-state index contributed by atoms with van der Waals surface area (Å²) in [6.45, 7) is 4.63. The highest BCUT2D eigenvalue weighted by Gasteiger charge is 2.46. The molecule has 0 radical (unpaired) electrons. The van der Waals surface area contributed by atoms with Gasteiger partial charge in [0.15, 0.2) is 0 Å². The van der Waals surface area contributed by atoms with Crippen molar-refractivity contribution in [1.29, 1.82) is 0 Å². The molecule has 33 heavy (non-hydrogen) atoms. The lowest BCUT2D eigenvalue weighted by atomic mass is 9.94. The molecule has 3 aromatic carbocycles. The fourth-order valence-electron chi connectivity index (χ4n) is 4.05. The fourth-order valence-corrected chi connectivity index (χ4v) is 4.05. The number of aryl methyl sites for hydroxylation is 1. The van der Waals surface area contributed by atoms with Crippen LogP contribution in [0.25, 0.3) is 5.76 Å². The first-order valence-corrected chi connectivity index (χ1v) is 11.2. The summed E-state index contributed by atoms with van der Waals surface area (Å²) in [7, 11) is 0. The molecule has 0 saturated carbocycles. The van der Waals surface area contributed by atoms with E-state index in [0.29, 0.717) is 23.6 Å². The van der Waals surface area contributed by atoms with E-state index in [2.05, 4.69) is 6.92 Å². The van der Waals surface area contributed by atoms with Crippen molar-refractivity contribution in [2.75, 3.05) is 11.5 Å². The highest BCUT2D eigenvalue weighted by atomic mass is 16.5. The SMILES string of the molecule is CCCOc1cccc(/C(O)=C2/C(=O)C(=O)N(c3ccccc3)C2c2ccc(CC)cc2)c1. The molecule has 1 saturated heterocycles. The zero-order valence-electron chi connectivity index (χ0n) is 18.8. The average molecular weight is 442 g/mol. The van der Waals surface area contributed by atoms with Crippen molar-refractivity contribution in [2.24, 2.45) is 0 Å². The van der Waals surface area contributed by atoms with Crippen molar-refractivity contribution in [2.45, 2.75) is 32.7 Å². The maximum atomic E-state index is 13.2. The minimum Gasteiger partial charge on any atom is -0.507 e. The highest BCUT2D eigenvalue weighted by Crippen LogP contribution is 2.42. The maximum Gasteiger partial charge on any atom is 0.300 e. The Kier molecular flexibility index (Phi) is 6.59. The Balaban J connectivity index is 1.87. The number of ketones is 1. The lowest BCUT2D eigenvalue weighted by molar-refractivity contribution is -0.132. The van der Waals surface area contributed by atoms with E-state index in [4.69, 9.17) is 4.74 Å². The fraction of sp³-hybridized carbons (Fsp3) is 0.214. The van der Waals surface area contributed by atoms with Crippen molar-refractivity contribution in [3.63, 3.8) is 0 Å². The van der Waals surface area contributed by atoms with E-state index in [9.17, 15) is 14.7 Å². The lowest BCUT2D eigenvalue weighted by Gasteiger charge is -2.25. The number of carbonyl (C=O) groups excluding carboxylic acids is 2. The number of para-hydroxylation sites is 1. The van der Waals surface area contributed by atoms with Crippen LogP contribution in [-0.2, 0) is 16.0 Å². The number of carbonyl (C=O) groups is 2. The van der Waals surface area contributed by atoms with Crippen molar-refractivity contribution >= 4 is 23.1 Å². The van der Waals surface area contributed by atoms with Gasteiger partial charge in [-0.2, -0.15) is 0 Å². The molecule has 1 heterocycles. The molecule has 0 bridgehead atoms. The van der Waals surface area contributed by atoms with E-state index in [1.165, 1.54) is 4.90 Å². The number of rotatable bonds is 7. The van der Waals surface area contributed by atoms with Crippen LogP contribution in [-0.4, -0.2) is 23.4 Å². The smallest absolute Gasteiger partial charge is 0.300 e. The monoisotopic (exact) mass is 441 g/mol. The molecule has 1 fully saturated rings. The van der Waals surface area contributed by atoms with Gasteiger partial charge in [-0.25, -0.2) is 0 Å². The Labute approximate surface area is 193 Å². The normalized spacial score (nSPS) is 17.4. The summed E-state index contributed by atoms with van der Waals surface area (Å²) >= 11 is 0. The molecule has 5 heteroatoms. The molecule has 1 aliphatic heterocycles. The predicted molar refractivity (Wildman–Crippen MR) is 129 cm³/mol. The van der Waals surface area contributed by atoms with Gasteiger partial charge < -0.3 is 9.84 Å². The summed E-state index contributed by atoms with van der Waals surface area (Å²) in [5.74, 6) is -0.980. The van der Waals surface area contributed by atoms with E-state index in [-0.39, 0.29) is 11.3 Å². The van der Waals surface area contributed by atoms with Gasteiger partial charge in [-0.1, -0.05) is 68.4 Å². The van der Waals surface area contributed by atoms with Gasteiger partial charge in [0.2, 0.25) is 0 Å². The molecule has 1 N–H and O–H groups in total. The molecule has 0 aromatic heterocycles. The Morgan fingerprint density at radius 3 is 2.33 bits per heavy atom. The predicted octanol–water partition coefficient (Wildman–Crippen LogP) is 5.66. The van der Waals surface area contributed by atoms with Gasteiger partial charge in [-0.15, -0.1) is 0 Å². The summed E-state index contributed by atoms with van der Waals surface area (Å²) in [5.41, 5.74) is 3.01. The average Bonchev–Trinajstić information content (AvgIpc) is 3.13. The topological polar surface area (TPSA) is 66.8 Å². The Morgan fingerprint density at radius 1 is 0.939 bits per heavy atom. The van der Waals surface area contributed by atoms with E-state index >= 15 is 0 Å². The number of nitrogens with zero attached hydrogens (tertiary/aromatic N) is 1. The summed E-state index contributed by atoms with van der Waals surface area (Å²) in [6.07, 6.45) is 1.73. The quantitative estimate of drug-likeness (QED) is 0.292. The van der Waals surface area contributed by atoms with Crippen molar-refractivity contribution in [1.82, 2.24) is 0 Å². The zero-order valence-corrected chi connectivity index (χ0v) is 18.8. The molecule has 1 aliphatic rings. The van der Waals surface area contributed by atoms with Crippen LogP contribution in [0.4, 0.5) is 5.69 Å². The lowest BCUT2D eigenvalue weighted by Crippen LogP contribution is -2.29. The summed E-state index contributed by atoms with van der Waals surface area (Å²) in [6, 6.07) is 23.1. The first-order chi connectivity index (χ1) is 16.0. The van der Waals surface area contributed by atoms with E-state index < -0.39 is 17.7 Å². The number of anilines is 1. The summed E-state index contributed by atoms with van der Waals surface area (Å²) in [4.78, 5) is 27.9. The third kappa shape index (κ3) is 4.40. The van der Waals surface area contributed by atoms with Crippen LogP contribution >= 0.6 is 0 Å². The van der Waals surface area contributed by atoms with Crippen LogP contribution in [0.15, 0.2) is 84.4 Å². The van der Waals surface area contributed by atoms with Gasteiger partial charge in [0.05, 0.1) is 18.2 Å². The number of aliphatic hydroxyl groups is 1. The number of benzene rings is 3. The Bertz CT molecular complexity index is 1180. The summed E-state index contributed by atoms with van der Waals surface area (Å²) < 4.78 is 5.69. The van der Waals surface area contributed by atoms with Crippen LogP contribution in [0.3, 0.4) is 0 Å². The summed E-state index contributed by atoms with van der Waals surface area (Å²) in [5, 5.41) is 11.3. The molecule has 0 spiro atoms.